The van der Waals surface area contributed by atoms with Gasteiger partial charge in [-0.05, 0) is 26.0 Å². The van der Waals surface area contributed by atoms with Crippen molar-refractivity contribution in [3.8, 4) is 17.3 Å². The van der Waals surface area contributed by atoms with Gasteiger partial charge >= 0.3 is 0 Å². The lowest BCUT2D eigenvalue weighted by Crippen LogP contribution is -2.51. The molecule has 186 valence electrons. The van der Waals surface area contributed by atoms with E-state index in [0.717, 1.165) is 5.82 Å². The van der Waals surface area contributed by atoms with Gasteiger partial charge < -0.3 is 24.3 Å². The summed E-state index contributed by atoms with van der Waals surface area (Å²) in [6.45, 7) is 6.07. The lowest BCUT2D eigenvalue weighted by Gasteiger charge is -2.35. The van der Waals surface area contributed by atoms with Crippen LogP contribution in [-0.2, 0) is 4.79 Å². The number of anilines is 1. The van der Waals surface area contributed by atoms with Gasteiger partial charge in [0.1, 0.15) is 17.9 Å². The van der Waals surface area contributed by atoms with Crippen LogP contribution in [0.25, 0.3) is 16.7 Å². The fraction of sp³-hybridized carbons (Fsp3) is 0.333. The number of piperazine rings is 1. The number of aryl methyl sites for hydroxylation is 1. The van der Waals surface area contributed by atoms with Gasteiger partial charge in [-0.25, -0.2) is 19.6 Å². The summed E-state index contributed by atoms with van der Waals surface area (Å²) in [5.41, 5.74) is 0.747. The van der Waals surface area contributed by atoms with Crippen LogP contribution in [-0.4, -0.2) is 86.2 Å². The molecule has 1 aliphatic heterocycles. The molecule has 1 N–H and O–H groups in total. The van der Waals surface area contributed by atoms with E-state index < -0.39 is 11.7 Å². The maximum Gasteiger partial charge on any atom is 0.295 e. The number of rotatable bonds is 7. The first-order valence-electron chi connectivity index (χ1n) is 11.6. The average molecular weight is 491 g/mol. The summed E-state index contributed by atoms with van der Waals surface area (Å²) in [5, 5.41) is 4.78. The molecule has 1 aliphatic rings. The van der Waals surface area contributed by atoms with E-state index >= 15 is 0 Å². The number of methoxy groups -OCH3 is 1. The van der Waals surface area contributed by atoms with E-state index in [2.05, 4.69) is 29.9 Å². The lowest BCUT2D eigenvalue weighted by atomic mass is 10.1. The number of aromatic amines is 1. The van der Waals surface area contributed by atoms with Crippen LogP contribution in [0.3, 0.4) is 0 Å². The van der Waals surface area contributed by atoms with E-state index in [1.165, 1.54) is 30.5 Å². The van der Waals surface area contributed by atoms with Crippen LogP contribution in [0.4, 0.5) is 5.82 Å². The van der Waals surface area contributed by atoms with Gasteiger partial charge in [0.15, 0.2) is 17.4 Å². The fourth-order valence-electron chi connectivity index (χ4n) is 4.33. The SMILES string of the molecule is CCOc1cccnc1N1CCN(C(=O)C(=O)c2c[nH]c3c(-n4cnc(C)n4)ncc(OC)c23)CC1. The molecule has 0 aromatic carbocycles. The van der Waals surface area contributed by atoms with E-state index in [1.54, 1.807) is 18.0 Å². The van der Waals surface area contributed by atoms with Crippen LogP contribution in [0.2, 0.25) is 0 Å². The molecule has 4 aromatic heterocycles. The molecule has 1 amide bonds. The number of carbonyl (C=O) groups is 2. The molecule has 0 spiro atoms. The Bertz CT molecular complexity index is 1420. The first kappa shape index (κ1) is 23.3. The van der Waals surface area contributed by atoms with Crippen LogP contribution >= 0.6 is 0 Å². The minimum absolute atomic E-state index is 0.220. The molecule has 0 radical (unpaired) electrons. The number of hydrogen-bond donors (Lipinski definition) is 1. The largest absolute Gasteiger partial charge is 0.494 e. The van der Waals surface area contributed by atoms with Gasteiger partial charge in [0, 0.05) is 38.6 Å². The number of nitrogens with one attached hydrogen (secondary N) is 1. The Morgan fingerprint density at radius 2 is 1.89 bits per heavy atom. The number of pyridine rings is 2. The third-order valence-corrected chi connectivity index (χ3v) is 6.05. The van der Waals surface area contributed by atoms with E-state index in [9.17, 15) is 9.59 Å². The highest BCUT2D eigenvalue weighted by Gasteiger charge is 2.31. The van der Waals surface area contributed by atoms with Gasteiger partial charge in [-0.15, -0.1) is 0 Å². The monoisotopic (exact) mass is 490 g/mol. The summed E-state index contributed by atoms with van der Waals surface area (Å²) < 4.78 is 12.7. The minimum atomic E-state index is -0.618. The number of ether oxygens (including phenoxy) is 2. The highest BCUT2D eigenvalue weighted by atomic mass is 16.5. The molecule has 0 saturated carbocycles. The molecule has 0 aliphatic carbocycles. The minimum Gasteiger partial charge on any atom is -0.494 e. The third-order valence-electron chi connectivity index (χ3n) is 6.05. The predicted molar refractivity (Wildman–Crippen MR) is 131 cm³/mol. The number of aromatic nitrogens is 6. The summed E-state index contributed by atoms with van der Waals surface area (Å²) in [6, 6.07) is 3.70. The van der Waals surface area contributed by atoms with Crippen molar-refractivity contribution in [2.24, 2.45) is 0 Å². The van der Waals surface area contributed by atoms with Crippen molar-refractivity contribution in [2.45, 2.75) is 13.8 Å². The van der Waals surface area contributed by atoms with Crippen LogP contribution in [0.1, 0.15) is 23.1 Å². The van der Waals surface area contributed by atoms with Gasteiger partial charge in [-0.1, -0.05) is 0 Å². The molecule has 4 aromatic rings. The number of carbonyl (C=O) groups excluding carboxylic acids is 2. The van der Waals surface area contributed by atoms with Crippen LogP contribution in [0.5, 0.6) is 11.5 Å². The quantitative estimate of drug-likeness (QED) is 0.304. The molecular weight excluding hydrogens is 464 g/mol. The summed E-state index contributed by atoms with van der Waals surface area (Å²) in [5.74, 6) is 1.66. The molecule has 5 rings (SSSR count). The Hall–Kier alpha value is -4.48. The van der Waals surface area contributed by atoms with Crippen molar-refractivity contribution in [1.82, 2.24) is 34.6 Å². The molecular formula is C24H26N8O4. The van der Waals surface area contributed by atoms with E-state index in [-0.39, 0.29) is 5.56 Å². The van der Waals surface area contributed by atoms with Crippen molar-refractivity contribution in [2.75, 3.05) is 44.8 Å². The number of H-pyrrole nitrogens is 1. The molecule has 5 heterocycles. The van der Waals surface area contributed by atoms with Crippen molar-refractivity contribution in [3.63, 3.8) is 0 Å². The zero-order chi connectivity index (χ0) is 25.2. The van der Waals surface area contributed by atoms with Crippen molar-refractivity contribution in [1.29, 1.82) is 0 Å². The molecule has 0 bridgehead atoms. The Labute approximate surface area is 206 Å². The van der Waals surface area contributed by atoms with Gasteiger partial charge in [-0.3, -0.25) is 9.59 Å². The number of Topliss-reactive ketones (excluding diaryl/α,β-unsaturated/α-hetero) is 1. The molecule has 0 unspecified atom stereocenters. The molecule has 36 heavy (non-hydrogen) atoms. The fourth-order valence-corrected chi connectivity index (χ4v) is 4.33. The van der Waals surface area contributed by atoms with E-state index in [1.807, 2.05) is 19.1 Å². The third kappa shape index (κ3) is 4.10. The topological polar surface area (TPSA) is 131 Å². The molecule has 1 fully saturated rings. The maximum absolute atomic E-state index is 13.4. The highest BCUT2D eigenvalue weighted by Crippen LogP contribution is 2.32. The standard InChI is InChI=1S/C24H26N8O4/c1-4-36-17-6-5-7-25-22(17)30-8-10-31(11-9-30)24(34)21(33)16-12-26-20-19(16)18(35-3)13-27-23(20)32-14-28-15(2)29-32/h5-7,12-14,26H,4,8-11H2,1-3H3. The summed E-state index contributed by atoms with van der Waals surface area (Å²) in [7, 11) is 1.49. The lowest BCUT2D eigenvalue weighted by molar-refractivity contribution is -0.126. The number of ketones is 1. The van der Waals surface area contributed by atoms with E-state index in [0.29, 0.717) is 66.8 Å². The Balaban J connectivity index is 1.37. The predicted octanol–water partition coefficient (Wildman–Crippen LogP) is 1.79. The van der Waals surface area contributed by atoms with Gasteiger partial charge in [0.25, 0.3) is 11.7 Å². The normalized spacial score (nSPS) is 13.8. The highest BCUT2D eigenvalue weighted by molar-refractivity contribution is 6.45. The second kappa shape index (κ2) is 9.64. The summed E-state index contributed by atoms with van der Waals surface area (Å²) in [6.07, 6.45) is 6.27. The smallest absolute Gasteiger partial charge is 0.295 e. The van der Waals surface area contributed by atoms with Crippen molar-refractivity contribution >= 4 is 28.4 Å². The first-order valence-corrected chi connectivity index (χ1v) is 11.6. The molecule has 1 saturated heterocycles. The maximum atomic E-state index is 13.4. The Kier molecular flexibility index (Phi) is 6.23. The molecule has 12 nitrogen and oxygen atoms in total. The van der Waals surface area contributed by atoms with Crippen LogP contribution in [0, 0.1) is 6.92 Å². The zero-order valence-corrected chi connectivity index (χ0v) is 20.3. The van der Waals surface area contributed by atoms with Gasteiger partial charge in [-0.2, -0.15) is 5.10 Å². The number of hydrogen-bond acceptors (Lipinski definition) is 9. The first-order chi connectivity index (χ1) is 17.5. The second-order valence-electron chi connectivity index (χ2n) is 8.21. The Morgan fingerprint density at radius 1 is 1.08 bits per heavy atom. The number of amides is 1. The van der Waals surface area contributed by atoms with Gasteiger partial charge in [0.2, 0.25) is 0 Å². The summed E-state index contributed by atoms with van der Waals surface area (Å²) in [4.78, 5) is 46.3. The average Bonchev–Trinajstić information content (AvgIpc) is 3.55. The van der Waals surface area contributed by atoms with Crippen molar-refractivity contribution < 1.29 is 19.1 Å². The van der Waals surface area contributed by atoms with E-state index in [4.69, 9.17) is 9.47 Å². The number of nitrogens with zero attached hydrogens (tertiary/aromatic N) is 7. The molecule has 0 atom stereocenters. The second-order valence-corrected chi connectivity index (χ2v) is 8.21. The van der Waals surface area contributed by atoms with Crippen LogP contribution < -0.4 is 14.4 Å². The summed E-state index contributed by atoms with van der Waals surface area (Å²) >= 11 is 0. The van der Waals surface area contributed by atoms with Crippen molar-refractivity contribution in [3.05, 3.63) is 48.4 Å². The van der Waals surface area contributed by atoms with Crippen LogP contribution in [0.15, 0.2) is 37.1 Å². The Morgan fingerprint density at radius 3 is 2.58 bits per heavy atom. The molecule has 12 heteroatoms. The van der Waals surface area contributed by atoms with Gasteiger partial charge in [0.05, 0.1) is 36.4 Å². The zero-order valence-electron chi connectivity index (χ0n) is 20.3. The number of fused-ring (bicyclic) bond motifs is 1.